The molecule has 43 heavy (non-hydrogen) atoms. The van der Waals surface area contributed by atoms with Crippen LogP contribution in [-0.2, 0) is 25.7 Å². The molecule has 0 bridgehead atoms. The van der Waals surface area contributed by atoms with Gasteiger partial charge in [-0.1, -0.05) is 87.5 Å². The summed E-state index contributed by atoms with van der Waals surface area (Å²) >= 11 is 0. The summed E-state index contributed by atoms with van der Waals surface area (Å²) in [6.07, 6.45) is 6.30. The summed E-state index contributed by atoms with van der Waals surface area (Å²) < 4.78 is 11.2. The summed E-state index contributed by atoms with van der Waals surface area (Å²) in [5.41, 5.74) is 6.56. The highest BCUT2D eigenvalue weighted by atomic mass is 16.5. The Bertz CT molecular complexity index is 1670. The van der Waals surface area contributed by atoms with Crippen molar-refractivity contribution in [2.24, 2.45) is 5.10 Å². The quantitative estimate of drug-likeness (QED) is 0.163. The van der Waals surface area contributed by atoms with E-state index in [2.05, 4.69) is 39.7 Å². The molecule has 0 atom stereocenters. The van der Waals surface area contributed by atoms with Crippen molar-refractivity contribution in [2.45, 2.75) is 40.7 Å². The number of nitrogens with zero attached hydrogens (tertiary/aromatic N) is 2. The Kier molecular flexibility index (Phi) is 10.5. The second kappa shape index (κ2) is 14.7. The monoisotopic (exact) mass is 578 g/mol. The van der Waals surface area contributed by atoms with Crippen LogP contribution in [0.4, 0.5) is 0 Å². The van der Waals surface area contributed by atoms with Gasteiger partial charge in [0.1, 0.15) is 13.2 Å². The van der Waals surface area contributed by atoms with Gasteiger partial charge in [-0.2, -0.15) is 5.10 Å². The standard InChI is InChI=1S/C33H32N4O4.C2H6/c1-4-10-28-30-25(24-16-15-23-17-18-34-27(23)19-24)13-9-14-26(30)32(41-21-22-11-7-6-8-12-22)31(37(28)36-5-2)33(39)35-20-29(38)40-3;1-2/h5-19,34H,4,20-21H2,1-3H3,(H,35,39);1-2H3/b28-10+,36-5-;. The fourth-order valence-electron chi connectivity index (χ4n) is 4.92. The summed E-state index contributed by atoms with van der Waals surface area (Å²) in [5.74, 6) is -0.693. The number of aromatic amines is 1. The van der Waals surface area contributed by atoms with Crippen LogP contribution in [-0.4, -0.2) is 41.7 Å². The van der Waals surface area contributed by atoms with Gasteiger partial charge in [-0.3, -0.25) is 9.59 Å². The lowest BCUT2D eigenvalue weighted by molar-refractivity contribution is -0.140. The molecule has 4 aromatic rings. The van der Waals surface area contributed by atoms with Crippen molar-refractivity contribution in [3.63, 3.8) is 0 Å². The van der Waals surface area contributed by atoms with Crippen LogP contribution in [0.3, 0.4) is 0 Å². The molecule has 0 aliphatic carbocycles. The number of aromatic nitrogens is 1. The van der Waals surface area contributed by atoms with Crippen LogP contribution in [0.2, 0.25) is 0 Å². The number of carbonyl (C=O) groups is 2. The molecule has 8 nitrogen and oxygen atoms in total. The molecule has 222 valence electrons. The number of rotatable bonds is 9. The first-order chi connectivity index (χ1) is 21.0. The van der Waals surface area contributed by atoms with Crippen LogP contribution in [0.1, 0.15) is 50.8 Å². The molecule has 0 fully saturated rings. The molecule has 3 aromatic carbocycles. The Balaban J connectivity index is 0.00000207. The number of nitrogens with one attached hydrogen (secondary N) is 2. The summed E-state index contributed by atoms with van der Waals surface area (Å²) in [7, 11) is 1.28. The zero-order valence-corrected chi connectivity index (χ0v) is 25.3. The average Bonchev–Trinajstić information content (AvgIpc) is 3.53. The molecule has 1 aliphatic heterocycles. The van der Waals surface area contributed by atoms with Gasteiger partial charge >= 0.3 is 5.97 Å². The Morgan fingerprint density at radius 3 is 2.49 bits per heavy atom. The summed E-state index contributed by atoms with van der Waals surface area (Å²) in [4.78, 5) is 28.9. The fraction of sp³-hybridized carbons (Fsp3) is 0.229. The van der Waals surface area contributed by atoms with E-state index in [0.29, 0.717) is 12.2 Å². The molecule has 2 N–H and O–H groups in total. The Hall–Kier alpha value is -5.11. The number of benzene rings is 3. The number of hydrazone groups is 1. The van der Waals surface area contributed by atoms with E-state index in [1.54, 1.807) is 18.1 Å². The molecule has 0 saturated carbocycles. The fourth-order valence-corrected chi connectivity index (χ4v) is 4.92. The van der Waals surface area contributed by atoms with Crippen LogP contribution in [0.25, 0.3) is 33.5 Å². The van der Waals surface area contributed by atoms with Crippen molar-refractivity contribution in [3.05, 3.63) is 107 Å². The molecule has 1 aromatic heterocycles. The van der Waals surface area contributed by atoms with Crippen molar-refractivity contribution in [1.82, 2.24) is 15.3 Å². The van der Waals surface area contributed by atoms with E-state index in [4.69, 9.17) is 9.47 Å². The number of hydrogen-bond donors (Lipinski definition) is 2. The minimum absolute atomic E-state index is 0.187. The zero-order chi connectivity index (χ0) is 30.8. The predicted octanol–water partition coefficient (Wildman–Crippen LogP) is 7.11. The first kappa shape index (κ1) is 30.8. The molecule has 1 amide bonds. The van der Waals surface area contributed by atoms with Gasteiger partial charge in [-0.15, -0.1) is 0 Å². The Morgan fingerprint density at radius 1 is 1.00 bits per heavy atom. The molecule has 0 unspecified atom stereocenters. The third-order valence-electron chi connectivity index (χ3n) is 6.78. The van der Waals surface area contributed by atoms with E-state index >= 15 is 0 Å². The highest BCUT2D eigenvalue weighted by Gasteiger charge is 2.36. The number of hydrogen-bond acceptors (Lipinski definition) is 6. The molecule has 0 spiro atoms. The van der Waals surface area contributed by atoms with Gasteiger partial charge in [0.05, 0.1) is 12.8 Å². The Morgan fingerprint density at radius 2 is 1.77 bits per heavy atom. The van der Waals surface area contributed by atoms with Gasteiger partial charge < -0.3 is 19.8 Å². The Labute approximate surface area is 252 Å². The third-order valence-corrected chi connectivity index (χ3v) is 6.78. The molecule has 1 aliphatic rings. The van der Waals surface area contributed by atoms with Crippen molar-refractivity contribution >= 4 is 40.5 Å². The number of carbonyl (C=O) groups excluding carboxylic acids is 2. The molecule has 0 saturated heterocycles. The number of ether oxygens (including phenoxy) is 2. The number of esters is 1. The largest absolute Gasteiger partial charge is 0.486 e. The molecule has 8 heteroatoms. The van der Waals surface area contributed by atoms with E-state index in [-0.39, 0.29) is 18.8 Å². The smallest absolute Gasteiger partial charge is 0.325 e. The first-order valence-corrected chi connectivity index (χ1v) is 14.5. The first-order valence-electron chi connectivity index (χ1n) is 14.5. The van der Waals surface area contributed by atoms with E-state index in [1.165, 1.54) is 7.11 Å². The molecule has 5 rings (SSSR count). The van der Waals surface area contributed by atoms with E-state index in [1.807, 2.05) is 81.6 Å². The number of methoxy groups -OCH3 is 1. The van der Waals surface area contributed by atoms with Gasteiger partial charge in [0.15, 0.2) is 11.5 Å². The average molecular weight is 579 g/mol. The van der Waals surface area contributed by atoms with Gasteiger partial charge in [0.25, 0.3) is 5.91 Å². The number of allylic oxidation sites excluding steroid dienone is 1. The lowest BCUT2D eigenvalue weighted by Gasteiger charge is -2.34. The van der Waals surface area contributed by atoms with Crippen LogP contribution in [0.5, 0.6) is 0 Å². The van der Waals surface area contributed by atoms with Gasteiger partial charge in [0.2, 0.25) is 0 Å². The van der Waals surface area contributed by atoms with Crippen LogP contribution < -0.4 is 5.32 Å². The van der Waals surface area contributed by atoms with E-state index < -0.39 is 11.9 Å². The maximum atomic E-state index is 13.8. The summed E-state index contributed by atoms with van der Waals surface area (Å²) in [6, 6.07) is 24.1. The van der Waals surface area contributed by atoms with E-state index in [0.717, 1.165) is 44.4 Å². The normalized spacial score (nSPS) is 13.5. The maximum Gasteiger partial charge on any atom is 0.325 e. The van der Waals surface area contributed by atoms with Crippen molar-refractivity contribution in [2.75, 3.05) is 13.7 Å². The number of fused-ring (bicyclic) bond motifs is 2. The summed E-state index contributed by atoms with van der Waals surface area (Å²) in [6.45, 7) is 7.78. The highest BCUT2D eigenvalue weighted by Crippen LogP contribution is 2.44. The molecular formula is C35H38N4O4. The second-order valence-electron chi connectivity index (χ2n) is 9.40. The van der Waals surface area contributed by atoms with Gasteiger partial charge in [0, 0.05) is 29.1 Å². The highest BCUT2D eigenvalue weighted by molar-refractivity contribution is 6.06. The molecular weight excluding hydrogens is 540 g/mol. The minimum Gasteiger partial charge on any atom is -0.486 e. The van der Waals surface area contributed by atoms with Crippen LogP contribution in [0, 0.1) is 0 Å². The molecule has 2 heterocycles. The number of H-pyrrole nitrogens is 1. The maximum absolute atomic E-state index is 13.8. The second-order valence-corrected chi connectivity index (χ2v) is 9.40. The van der Waals surface area contributed by atoms with Gasteiger partial charge in [-0.25, -0.2) is 5.01 Å². The predicted molar refractivity (Wildman–Crippen MR) is 173 cm³/mol. The topological polar surface area (TPSA) is 96.0 Å². The third kappa shape index (κ3) is 6.70. The van der Waals surface area contributed by atoms with E-state index in [9.17, 15) is 9.59 Å². The van der Waals surface area contributed by atoms with Crippen molar-refractivity contribution in [1.29, 1.82) is 0 Å². The summed E-state index contributed by atoms with van der Waals surface area (Å²) in [5, 5.41) is 10.0. The van der Waals surface area contributed by atoms with Crippen LogP contribution >= 0.6 is 0 Å². The van der Waals surface area contributed by atoms with Crippen molar-refractivity contribution in [3.8, 4) is 11.1 Å². The van der Waals surface area contributed by atoms with Gasteiger partial charge in [-0.05, 0) is 47.6 Å². The molecule has 0 radical (unpaired) electrons. The zero-order valence-electron chi connectivity index (χ0n) is 25.3. The van der Waals surface area contributed by atoms with Crippen LogP contribution in [0.15, 0.2) is 95.9 Å². The lowest BCUT2D eigenvalue weighted by atomic mass is 9.88. The lowest BCUT2D eigenvalue weighted by Crippen LogP contribution is -2.38. The van der Waals surface area contributed by atoms with Crippen molar-refractivity contribution < 1.29 is 19.1 Å². The SMILES string of the molecule is C/C=N\N1C(C(=O)NCC(=O)OC)=C(OCc2ccccc2)c2cccc(-c3ccc4cc[nH]c4c3)c2/C1=C\CC.CC. The number of amides is 1. The minimum atomic E-state index is -0.557.